The summed E-state index contributed by atoms with van der Waals surface area (Å²) in [5, 5.41) is 5.53. The number of amides is 5. The Labute approximate surface area is 221 Å². The molecule has 36 heavy (non-hydrogen) atoms. The van der Waals surface area contributed by atoms with Crippen LogP contribution in [0, 0.1) is 0 Å². The van der Waals surface area contributed by atoms with Crippen LogP contribution in [0.3, 0.4) is 0 Å². The van der Waals surface area contributed by atoms with E-state index in [1.54, 1.807) is 24.3 Å². The van der Waals surface area contributed by atoms with Crippen molar-refractivity contribution in [3.8, 4) is 0 Å². The van der Waals surface area contributed by atoms with Crippen LogP contribution in [-0.4, -0.2) is 56.7 Å². The first-order chi connectivity index (χ1) is 17.4. The number of piperidine rings is 1. The maximum Gasteiger partial charge on any atom is 0.319 e. The lowest BCUT2D eigenvalue weighted by atomic mass is 10.0. The van der Waals surface area contributed by atoms with Crippen molar-refractivity contribution >= 4 is 58.0 Å². The van der Waals surface area contributed by atoms with Crippen LogP contribution in [0.1, 0.15) is 40.7 Å². The number of carbonyl (C=O) groups excluding carboxylic acids is 5. The highest BCUT2D eigenvalue weighted by Gasteiger charge is 2.43. The molecule has 5 amide bonds. The van der Waals surface area contributed by atoms with Gasteiger partial charge in [-0.2, -0.15) is 0 Å². The van der Waals surface area contributed by atoms with Gasteiger partial charge in [0.05, 0.1) is 6.42 Å². The Morgan fingerprint density at radius 1 is 1.08 bits per heavy atom. The minimum absolute atomic E-state index is 0.0755. The second kappa shape index (κ2) is 11.5. The molecular weight excluding hydrogens is 579 g/mol. The standard InChI is InChI=1S/C25H25IN4O6/c26-11-10-22(32)36-15-30-21(31)9-8-20(24(30)34)29-14-17-12-16(6-7-19(17)23(29)33)13-27-25(35)28-18-4-2-1-3-5-18/h1-7,12,20H,8-11,13-15H2,(H2,27,28,35). The van der Waals surface area contributed by atoms with Crippen molar-refractivity contribution in [1.82, 2.24) is 15.1 Å². The van der Waals surface area contributed by atoms with E-state index in [2.05, 4.69) is 10.6 Å². The van der Waals surface area contributed by atoms with E-state index >= 15 is 0 Å². The number of alkyl halides is 1. The van der Waals surface area contributed by atoms with E-state index in [9.17, 15) is 24.0 Å². The summed E-state index contributed by atoms with van der Waals surface area (Å²) in [6, 6.07) is 13.2. The lowest BCUT2D eigenvalue weighted by molar-refractivity contribution is -0.164. The molecule has 0 aliphatic carbocycles. The number of nitrogens with one attached hydrogen (secondary N) is 2. The number of rotatable bonds is 8. The number of imide groups is 1. The van der Waals surface area contributed by atoms with Gasteiger partial charge < -0.3 is 20.3 Å². The molecule has 11 heteroatoms. The van der Waals surface area contributed by atoms with Crippen molar-refractivity contribution in [1.29, 1.82) is 0 Å². The lowest BCUT2D eigenvalue weighted by Gasteiger charge is -2.34. The summed E-state index contributed by atoms with van der Waals surface area (Å²) in [7, 11) is 0. The number of esters is 1. The van der Waals surface area contributed by atoms with Crippen LogP contribution in [0.2, 0.25) is 0 Å². The average Bonchev–Trinajstić information content (AvgIpc) is 3.19. The third kappa shape index (κ3) is 5.83. The highest BCUT2D eigenvalue weighted by molar-refractivity contribution is 14.1. The van der Waals surface area contributed by atoms with Crippen LogP contribution in [0.5, 0.6) is 0 Å². The van der Waals surface area contributed by atoms with E-state index in [0.29, 0.717) is 15.7 Å². The number of para-hydroxylation sites is 1. The molecule has 2 aromatic carbocycles. The number of fused-ring (bicyclic) bond motifs is 1. The first kappa shape index (κ1) is 25.6. The molecule has 188 valence electrons. The number of carbonyl (C=O) groups is 5. The number of urea groups is 1. The maximum absolute atomic E-state index is 13.1. The Morgan fingerprint density at radius 3 is 2.61 bits per heavy atom. The molecule has 0 saturated carbocycles. The molecular formula is C25H25IN4O6. The highest BCUT2D eigenvalue weighted by atomic mass is 127. The Balaban J connectivity index is 1.37. The van der Waals surface area contributed by atoms with Gasteiger partial charge in [-0.25, -0.2) is 9.69 Å². The number of hydrogen-bond acceptors (Lipinski definition) is 6. The van der Waals surface area contributed by atoms with Crippen LogP contribution in [-0.2, 0) is 32.2 Å². The number of ether oxygens (including phenoxy) is 1. The number of benzene rings is 2. The molecule has 0 radical (unpaired) electrons. The van der Waals surface area contributed by atoms with Crippen LogP contribution in [0.15, 0.2) is 48.5 Å². The Morgan fingerprint density at radius 2 is 1.86 bits per heavy atom. The predicted molar refractivity (Wildman–Crippen MR) is 138 cm³/mol. The van der Waals surface area contributed by atoms with Crippen molar-refractivity contribution in [3.63, 3.8) is 0 Å². The van der Waals surface area contributed by atoms with E-state index in [0.717, 1.165) is 16.0 Å². The summed E-state index contributed by atoms with van der Waals surface area (Å²) < 4.78 is 5.63. The summed E-state index contributed by atoms with van der Waals surface area (Å²) in [5.41, 5.74) is 2.71. The third-order valence-corrected chi connectivity index (χ3v) is 6.54. The normalized spacial score (nSPS) is 17.1. The SMILES string of the molecule is O=C(NCc1ccc2c(c1)CN(C1CCC(=O)N(COC(=O)CCI)C1=O)C2=O)Nc1ccccc1. The lowest BCUT2D eigenvalue weighted by Crippen LogP contribution is -2.55. The second-order valence-electron chi connectivity index (χ2n) is 8.40. The smallest absolute Gasteiger partial charge is 0.319 e. The molecule has 2 N–H and O–H groups in total. The fraction of sp³-hybridized carbons (Fsp3) is 0.320. The van der Waals surface area contributed by atoms with Gasteiger partial charge in [0.15, 0.2) is 6.73 Å². The Hall–Kier alpha value is -3.48. The highest BCUT2D eigenvalue weighted by Crippen LogP contribution is 2.29. The van der Waals surface area contributed by atoms with Crippen LogP contribution >= 0.6 is 22.6 Å². The molecule has 0 aromatic heterocycles. The Bertz CT molecular complexity index is 1190. The molecule has 2 heterocycles. The summed E-state index contributed by atoms with van der Waals surface area (Å²) in [5.74, 6) is -1.75. The van der Waals surface area contributed by atoms with Gasteiger partial charge in [0, 0.05) is 35.2 Å². The second-order valence-corrected chi connectivity index (χ2v) is 9.48. The minimum atomic E-state index is -0.816. The molecule has 4 rings (SSSR count). The van der Waals surface area contributed by atoms with E-state index < -0.39 is 30.6 Å². The molecule has 2 aromatic rings. The van der Waals surface area contributed by atoms with E-state index in [-0.39, 0.29) is 44.3 Å². The largest absolute Gasteiger partial charge is 0.444 e. The minimum Gasteiger partial charge on any atom is -0.444 e. The van der Waals surface area contributed by atoms with E-state index in [4.69, 9.17) is 4.74 Å². The summed E-state index contributed by atoms with van der Waals surface area (Å²) >= 11 is 2.03. The number of likely N-dealkylation sites (tertiary alicyclic amines) is 1. The summed E-state index contributed by atoms with van der Waals surface area (Å²) in [6.07, 6.45) is 0.473. The van der Waals surface area contributed by atoms with E-state index in [1.807, 2.05) is 46.9 Å². The monoisotopic (exact) mass is 604 g/mol. The Kier molecular flexibility index (Phi) is 8.18. The summed E-state index contributed by atoms with van der Waals surface area (Å²) in [4.78, 5) is 64.6. The van der Waals surface area contributed by atoms with Gasteiger partial charge in [0.2, 0.25) is 5.91 Å². The van der Waals surface area contributed by atoms with E-state index in [1.165, 1.54) is 4.90 Å². The van der Waals surface area contributed by atoms with Crippen LogP contribution in [0.4, 0.5) is 10.5 Å². The fourth-order valence-electron chi connectivity index (χ4n) is 4.17. The predicted octanol–water partition coefficient (Wildman–Crippen LogP) is 2.81. The zero-order valence-electron chi connectivity index (χ0n) is 19.4. The maximum atomic E-state index is 13.1. The average molecular weight is 604 g/mol. The topological polar surface area (TPSA) is 125 Å². The molecule has 10 nitrogen and oxygen atoms in total. The molecule has 2 aliphatic rings. The number of anilines is 1. The quantitative estimate of drug-likeness (QED) is 0.207. The van der Waals surface area contributed by atoms with Crippen molar-refractivity contribution in [2.24, 2.45) is 0 Å². The van der Waals surface area contributed by atoms with Crippen molar-refractivity contribution in [2.75, 3.05) is 16.5 Å². The van der Waals surface area contributed by atoms with Crippen molar-refractivity contribution in [2.45, 2.75) is 38.4 Å². The molecule has 1 unspecified atom stereocenters. The first-order valence-electron chi connectivity index (χ1n) is 11.5. The zero-order chi connectivity index (χ0) is 25.7. The van der Waals surface area contributed by atoms with Gasteiger partial charge in [-0.05, 0) is 35.7 Å². The molecule has 1 atom stereocenters. The number of nitrogens with zero attached hydrogens (tertiary/aromatic N) is 2. The number of halogens is 1. The molecule has 1 saturated heterocycles. The van der Waals surface area contributed by atoms with Gasteiger partial charge in [0.1, 0.15) is 6.04 Å². The summed E-state index contributed by atoms with van der Waals surface area (Å²) in [6.45, 7) is 0.0259. The van der Waals surface area contributed by atoms with Gasteiger partial charge in [-0.15, -0.1) is 0 Å². The van der Waals surface area contributed by atoms with Gasteiger partial charge in [-0.1, -0.05) is 52.9 Å². The van der Waals surface area contributed by atoms with Crippen molar-refractivity contribution < 1.29 is 28.7 Å². The third-order valence-electron chi connectivity index (χ3n) is 6.00. The molecule has 0 bridgehead atoms. The zero-order valence-corrected chi connectivity index (χ0v) is 21.5. The molecule has 1 fully saturated rings. The van der Waals surface area contributed by atoms with Gasteiger partial charge in [0.25, 0.3) is 11.8 Å². The van der Waals surface area contributed by atoms with Crippen molar-refractivity contribution in [3.05, 3.63) is 65.2 Å². The molecule has 2 aliphatic heterocycles. The van der Waals surface area contributed by atoms with Crippen LogP contribution < -0.4 is 10.6 Å². The van der Waals surface area contributed by atoms with Gasteiger partial charge in [-0.3, -0.25) is 19.2 Å². The van der Waals surface area contributed by atoms with Gasteiger partial charge >= 0.3 is 12.0 Å². The molecule has 0 spiro atoms. The number of hydrogen-bond donors (Lipinski definition) is 2. The van der Waals surface area contributed by atoms with Crippen LogP contribution in [0.25, 0.3) is 0 Å². The first-order valence-corrected chi connectivity index (χ1v) is 13.0. The fourth-order valence-corrected chi connectivity index (χ4v) is 4.61.